The maximum atomic E-state index is 12.0. The van der Waals surface area contributed by atoms with Gasteiger partial charge in [-0.2, -0.15) is 0 Å². The summed E-state index contributed by atoms with van der Waals surface area (Å²) in [6.45, 7) is 0. The van der Waals surface area contributed by atoms with Gasteiger partial charge in [0.2, 0.25) is 0 Å². The van der Waals surface area contributed by atoms with Crippen LogP contribution in [0.1, 0.15) is 20.8 Å². The molecule has 0 unspecified atom stereocenters. The van der Waals surface area contributed by atoms with Crippen molar-refractivity contribution in [3.63, 3.8) is 0 Å². The first kappa shape index (κ1) is 15.7. The molecule has 1 aromatic heterocycles. The zero-order chi connectivity index (χ0) is 17.1. The van der Waals surface area contributed by atoms with Crippen molar-refractivity contribution in [2.45, 2.75) is 0 Å². The van der Waals surface area contributed by atoms with E-state index in [0.717, 1.165) is 11.1 Å². The van der Waals surface area contributed by atoms with Gasteiger partial charge >= 0.3 is 11.9 Å². The molecular formula is C19H15NO4. The number of hydrogen-bond acceptors (Lipinski definition) is 5. The molecular weight excluding hydrogens is 306 g/mol. The highest BCUT2D eigenvalue weighted by Crippen LogP contribution is 2.26. The molecule has 3 aromatic rings. The molecule has 0 bridgehead atoms. The molecule has 0 aliphatic carbocycles. The lowest BCUT2D eigenvalue weighted by Gasteiger charge is -2.09. The van der Waals surface area contributed by atoms with E-state index in [1.165, 1.54) is 20.3 Å². The summed E-state index contributed by atoms with van der Waals surface area (Å²) in [5.41, 5.74) is 2.83. The summed E-state index contributed by atoms with van der Waals surface area (Å²) in [5.74, 6) is -1.13. The smallest absolute Gasteiger partial charge is 0.356 e. The third-order valence-electron chi connectivity index (χ3n) is 3.72. The van der Waals surface area contributed by atoms with Crippen molar-refractivity contribution in [3.05, 3.63) is 65.9 Å². The van der Waals surface area contributed by atoms with Crippen molar-refractivity contribution in [3.8, 4) is 11.1 Å². The van der Waals surface area contributed by atoms with Crippen LogP contribution in [0.5, 0.6) is 0 Å². The first-order valence-corrected chi connectivity index (χ1v) is 7.31. The molecule has 1 heterocycles. The van der Waals surface area contributed by atoms with Gasteiger partial charge in [-0.1, -0.05) is 42.5 Å². The predicted molar refractivity (Wildman–Crippen MR) is 89.9 cm³/mol. The Morgan fingerprint density at radius 2 is 1.54 bits per heavy atom. The molecule has 24 heavy (non-hydrogen) atoms. The highest BCUT2D eigenvalue weighted by molar-refractivity contribution is 6.06. The van der Waals surface area contributed by atoms with Crippen LogP contribution < -0.4 is 0 Å². The largest absolute Gasteiger partial charge is 0.465 e. The number of carbonyl (C=O) groups excluding carboxylic acids is 2. The van der Waals surface area contributed by atoms with Crippen LogP contribution in [0.3, 0.4) is 0 Å². The predicted octanol–water partition coefficient (Wildman–Crippen LogP) is 3.48. The number of hydrogen-bond donors (Lipinski definition) is 0. The van der Waals surface area contributed by atoms with E-state index in [4.69, 9.17) is 9.47 Å². The quantitative estimate of drug-likeness (QED) is 0.691. The van der Waals surface area contributed by atoms with Crippen LogP contribution in [0.2, 0.25) is 0 Å². The van der Waals surface area contributed by atoms with Gasteiger partial charge in [0.15, 0.2) is 0 Å². The minimum Gasteiger partial charge on any atom is -0.465 e. The third-order valence-corrected chi connectivity index (χ3v) is 3.72. The van der Waals surface area contributed by atoms with Crippen molar-refractivity contribution >= 4 is 22.8 Å². The Kier molecular flexibility index (Phi) is 4.24. The van der Waals surface area contributed by atoms with E-state index in [1.807, 2.05) is 42.5 Å². The minimum absolute atomic E-state index is 0.0654. The van der Waals surface area contributed by atoms with Crippen LogP contribution in [-0.4, -0.2) is 31.1 Å². The number of benzene rings is 2. The van der Waals surface area contributed by atoms with Crippen LogP contribution in [0.4, 0.5) is 0 Å². The lowest BCUT2D eigenvalue weighted by Crippen LogP contribution is -2.09. The number of methoxy groups -OCH3 is 2. The van der Waals surface area contributed by atoms with E-state index in [0.29, 0.717) is 10.9 Å². The number of aromatic nitrogens is 1. The average Bonchev–Trinajstić information content (AvgIpc) is 2.65. The van der Waals surface area contributed by atoms with E-state index in [-0.39, 0.29) is 11.3 Å². The highest BCUT2D eigenvalue weighted by Gasteiger charge is 2.17. The van der Waals surface area contributed by atoms with E-state index in [2.05, 4.69) is 4.98 Å². The zero-order valence-corrected chi connectivity index (χ0v) is 13.3. The number of ether oxygens (including phenoxy) is 2. The van der Waals surface area contributed by atoms with Gasteiger partial charge < -0.3 is 9.47 Å². The van der Waals surface area contributed by atoms with Gasteiger partial charge in [-0.3, -0.25) is 0 Å². The molecule has 2 aromatic carbocycles. The molecule has 0 spiro atoms. The van der Waals surface area contributed by atoms with E-state index >= 15 is 0 Å². The molecule has 0 fully saturated rings. The standard InChI is InChI=1S/C19H15NO4/c1-23-18(21)15-11-17(19(22)24-2)20-16-10-13(8-9-14(15)16)12-6-4-3-5-7-12/h3-11H,1-2H3. The summed E-state index contributed by atoms with van der Waals surface area (Å²) < 4.78 is 9.52. The van der Waals surface area contributed by atoms with Gasteiger partial charge in [0.05, 0.1) is 25.3 Å². The minimum atomic E-state index is -0.604. The van der Waals surface area contributed by atoms with Crippen LogP contribution in [0, 0.1) is 0 Å². The Bertz CT molecular complexity index is 919. The van der Waals surface area contributed by atoms with Gasteiger partial charge in [-0.15, -0.1) is 0 Å². The lowest BCUT2D eigenvalue weighted by atomic mass is 10.0. The second-order valence-corrected chi connectivity index (χ2v) is 5.14. The monoisotopic (exact) mass is 321 g/mol. The summed E-state index contributed by atoms with van der Waals surface area (Å²) in [4.78, 5) is 28.2. The Balaban J connectivity index is 2.24. The maximum absolute atomic E-state index is 12.0. The molecule has 0 N–H and O–H groups in total. The van der Waals surface area contributed by atoms with E-state index < -0.39 is 11.9 Å². The average molecular weight is 321 g/mol. The first-order valence-electron chi connectivity index (χ1n) is 7.31. The summed E-state index contributed by atoms with van der Waals surface area (Å²) in [6.07, 6.45) is 0. The van der Waals surface area contributed by atoms with E-state index in [9.17, 15) is 9.59 Å². The Labute approximate surface area is 138 Å². The summed E-state index contributed by atoms with van der Waals surface area (Å²) in [7, 11) is 2.57. The Morgan fingerprint density at radius 1 is 0.833 bits per heavy atom. The number of rotatable bonds is 3. The summed E-state index contributed by atoms with van der Waals surface area (Å²) in [5, 5.41) is 0.620. The van der Waals surface area contributed by atoms with Gasteiger partial charge in [-0.05, 0) is 23.3 Å². The fraction of sp³-hybridized carbons (Fsp3) is 0.105. The molecule has 0 aliphatic rings. The number of fused-ring (bicyclic) bond motifs is 1. The van der Waals surface area contributed by atoms with Crippen LogP contribution in [0.25, 0.3) is 22.0 Å². The van der Waals surface area contributed by atoms with Crippen molar-refractivity contribution in [1.29, 1.82) is 0 Å². The van der Waals surface area contributed by atoms with E-state index in [1.54, 1.807) is 6.07 Å². The number of esters is 2. The van der Waals surface area contributed by atoms with Crippen LogP contribution >= 0.6 is 0 Å². The van der Waals surface area contributed by atoms with Crippen molar-refractivity contribution in [1.82, 2.24) is 4.98 Å². The lowest BCUT2D eigenvalue weighted by molar-refractivity contribution is 0.0594. The SMILES string of the molecule is COC(=O)c1cc(C(=O)OC)c2ccc(-c3ccccc3)cc2n1. The fourth-order valence-corrected chi connectivity index (χ4v) is 2.53. The molecule has 120 valence electrons. The highest BCUT2D eigenvalue weighted by atomic mass is 16.5. The maximum Gasteiger partial charge on any atom is 0.356 e. The molecule has 3 rings (SSSR count). The number of carbonyl (C=O) groups is 2. The Morgan fingerprint density at radius 3 is 2.21 bits per heavy atom. The molecule has 0 saturated carbocycles. The van der Waals surface area contributed by atoms with Gasteiger partial charge in [-0.25, -0.2) is 14.6 Å². The van der Waals surface area contributed by atoms with Crippen LogP contribution in [0.15, 0.2) is 54.6 Å². The molecule has 0 radical (unpaired) electrons. The summed E-state index contributed by atoms with van der Waals surface area (Å²) in [6, 6.07) is 16.7. The topological polar surface area (TPSA) is 65.5 Å². The van der Waals surface area contributed by atoms with Gasteiger partial charge in [0, 0.05) is 5.39 Å². The number of nitrogens with zero attached hydrogens (tertiary/aromatic N) is 1. The zero-order valence-electron chi connectivity index (χ0n) is 13.3. The molecule has 0 aliphatic heterocycles. The van der Waals surface area contributed by atoms with Crippen molar-refractivity contribution < 1.29 is 19.1 Å². The molecule has 5 nitrogen and oxygen atoms in total. The number of pyridine rings is 1. The molecule has 0 saturated heterocycles. The third kappa shape index (κ3) is 2.84. The molecule has 5 heteroatoms. The normalized spacial score (nSPS) is 10.4. The fourth-order valence-electron chi connectivity index (χ4n) is 2.53. The first-order chi connectivity index (χ1) is 11.6. The van der Waals surface area contributed by atoms with Crippen LogP contribution in [-0.2, 0) is 9.47 Å². The van der Waals surface area contributed by atoms with Crippen molar-refractivity contribution in [2.24, 2.45) is 0 Å². The Hall–Kier alpha value is -3.21. The molecule has 0 atom stereocenters. The summed E-state index contributed by atoms with van der Waals surface area (Å²) >= 11 is 0. The van der Waals surface area contributed by atoms with Gasteiger partial charge in [0.25, 0.3) is 0 Å². The van der Waals surface area contributed by atoms with Gasteiger partial charge in [0.1, 0.15) is 5.69 Å². The second kappa shape index (κ2) is 6.50. The molecule has 0 amide bonds. The van der Waals surface area contributed by atoms with Crippen molar-refractivity contribution in [2.75, 3.05) is 14.2 Å². The second-order valence-electron chi connectivity index (χ2n) is 5.14.